The first kappa shape index (κ1) is 14.6. The maximum atomic E-state index is 12.6. The molecule has 3 rings (SSSR count). The van der Waals surface area contributed by atoms with E-state index in [1.54, 1.807) is 0 Å². The van der Waals surface area contributed by atoms with Crippen molar-refractivity contribution >= 4 is 5.97 Å². The lowest BCUT2D eigenvalue weighted by Crippen LogP contribution is -2.42. The van der Waals surface area contributed by atoms with Crippen LogP contribution in [0.1, 0.15) is 38.2 Å². The lowest BCUT2D eigenvalue weighted by Gasteiger charge is -2.36. The number of ether oxygens (including phenoxy) is 1. The fourth-order valence-corrected chi connectivity index (χ4v) is 4.13. The van der Waals surface area contributed by atoms with Gasteiger partial charge in [-0.05, 0) is 31.2 Å². The van der Waals surface area contributed by atoms with Crippen molar-refractivity contribution in [2.24, 2.45) is 11.3 Å². The van der Waals surface area contributed by atoms with E-state index in [2.05, 4.69) is 29.2 Å². The Morgan fingerprint density at radius 3 is 2.90 bits per heavy atom. The van der Waals surface area contributed by atoms with Crippen molar-refractivity contribution in [3.8, 4) is 0 Å². The lowest BCUT2D eigenvalue weighted by atomic mass is 9.68. The van der Waals surface area contributed by atoms with Crippen LogP contribution in [0.4, 0.5) is 0 Å². The van der Waals surface area contributed by atoms with E-state index in [-0.39, 0.29) is 11.4 Å². The van der Waals surface area contributed by atoms with Gasteiger partial charge in [-0.25, -0.2) is 0 Å². The third-order valence-electron chi connectivity index (χ3n) is 5.12. The summed E-state index contributed by atoms with van der Waals surface area (Å²) in [6.45, 7) is 5.24. The van der Waals surface area contributed by atoms with E-state index in [1.165, 1.54) is 18.4 Å². The van der Waals surface area contributed by atoms with Crippen molar-refractivity contribution in [1.29, 1.82) is 0 Å². The van der Waals surface area contributed by atoms with Gasteiger partial charge in [0.1, 0.15) is 0 Å². The minimum absolute atomic E-state index is 0.0465. The third kappa shape index (κ3) is 2.84. The molecule has 1 saturated carbocycles. The highest BCUT2D eigenvalue weighted by atomic mass is 16.5. The van der Waals surface area contributed by atoms with E-state index in [1.807, 2.05) is 13.0 Å². The number of hydrogen-bond acceptors (Lipinski definition) is 3. The molecule has 0 radical (unpaired) electrons. The van der Waals surface area contributed by atoms with E-state index in [9.17, 15) is 4.79 Å². The fraction of sp³-hybridized carbons (Fsp3) is 0.611. The number of benzene rings is 1. The van der Waals surface area contributed by atoms with Gasteiger partial charge in [0.15, 0.2) is 0 Å². The largest absolute Gasteiger partial charge is 0.466 e. The second-order valence-electron chi connectivity index (χ2n) is 6.47. The number of fused-ring (bicyclic) bond motifs is 1. The van der Waals surface area contributed by atoms with Gasteiger partial charge in [-0.1, -0.05) is 43.2 Å². The van der Waals surface area contributed by atoms with Gasteiger partial charge in [0, 0.05) is 19.6 Å². The number of carbonyl (C=O) groups is 1. The highest BCUT2D eigenvalue weighted by molar-refractivity contribution is 5.78. The molecule has 114 valence electrons. The van der Waals surface area contributed by atoms with Crippen LogP contribution in [-0.2, 0) is 16.1 Å². The van der Waals surface area contributed by atoms with Gasteiger partial charge >= 0.3 is 5.97 Å². The fourth-order valence-electron chi connectivity index (χ4n) is 4.13. The van der Waals surface area contributed by atoms with Gasteiger partial charge in [-0.2, -0.15) is 0 Å². The molecule has 0 spiro atoms. The van der Waals surface area contributed by atoms with Gasteiger partial charge in [0.05, 0.1) is 12.0 Å². The quantitative estimate of drug-likeness (QED) is 0.796. The zero-order valence-electron chi connectivity index (χ0n) is 12.9. The van der Waals surface area contributed by atoms with Crippen molar-refractivity contribution in [2.45, 2.75) is 39.2 Å². The topological polar surface area (TPSA) is 29.5 Å². The summed E-state index contributed by atoms with van der Waals surface area (Å²) < 4.78 is 5.42. The molecule has 1 aliphatic heterocycles. The van der Waals surface area contributed by atoms with Crippen LogP contribution in [0.5, 0.6) is 0 Å². The highest BCUT2D eigenvalue weighted by Crippen LogP contribution is 2.47. The molecule has 1 heterocycles. The smallest absolute Gasteiger partial charge is 0.313 e. The second-order valence-corrected chi connectivity index (χ2v) is 6.47. The molecule has 1 aliphatic carbocycles. The number of nitrogens with zero attached hydrogens (tertiary/aromatic N) is 1. The molecule has 3 heteroatoms. The standard InChI is InChI=1S/C18H25NO2/c1-2-21-17(20)18-11-7-6-10-16(18)13-19(14-18)12-15-8-4-3-5-9-15/h3-5,8-9,16H,2,6-7,10-14H2,1H3/t16-,18?/m0/s1. The molecule has 0 amide bonds. The van der Waals surface area contributed by atoms with Crippen LogP contribution in [0.25, 0.3) is 0 Å². The molecule has 2 aliphatic rings. The summed E-state index contributed by atoms with van der Waals surface area (Å²) in [5.41, 5.74) is 1.10. The predicted octanol–water partition coefficient (Wildman–Crippen LogP) is 3.24. The normalized spacial score (nSPS) is 29.1. The first-order valence-corrected chi connectivity index (χ1v) is 8.18. The number of carbonyl (C=O) groups excluding carboxylic acids is 1. The van der Waals surface area contributed by atoms with Crippen LogP contribution >= 0.6 is 0 Å². The Bertz CT molecular complexity index is 487. The summed E-state index contributed by atoms with van der Waals surface area (Å²) in [6, 6.07) is 10.5. The molecule has 0 N–H and O–H groups in total. The molecule has 1 aromatic rings. The molecule has 3 nitrogen and oxygen atoms in total. The van der Waals surface area contributed by atoms with Crippen LogP contribution in [-0.4, -0.2) is 30.6 Å². The molecule has 21 heavy (non-hydrogen) atoms. The maximum Gasteiger partial charge on any atom is 0.313 e. The Labute approximate surface area is 127 Å². The zero-order chi connectivity index (χ0) is 14.7. The Morgan fingerprint density at radius 2 is 2.14 bits per heavy atom. The lowest BCUT2D eigenvalue weighted by molar-refractivity contribution is -0.159. The summed E-state index contributed by atoms with van der Waals surface area (Å²) in [7, 11) is 0. The van der Waals surface area contributed by atoms with Crippen molar-refractivity contribution in [2.75, 3.05) is 19.7 Å². The highest BCUT2D eigenvalue weighted by Gasteiger charge is 2.53. The van der Waals surface area contributed by atoms with Gasteiger partial charge in [0.25, 0.3) is 0 Å². The van der Waals surface area contributed by atoms with Crippen LogP contribution < -0.4 is 0 Å². The number of esters is 1. The summed E-state index contributed by atoms with van der Waals surface area (Å²) in [6.07, 6.45) is 4.59. The maximum absolute atomic E-state index is 12.6. The zero-order valence-corrected chi connectivity index (χ0v) is 12.9. The van der Waals surface area contributed by atoms with E-state index >= 15 is 0 Å². The Morgan fingerprint density at radius 1 is 1.33 bits per heavy atom. The van der Waals surface area contributed by atoms with Gasteiger partial charge in [-0.15, -0.1) is 0 Å². The Hall–Kier alpha value is -1.35. The van der Waals surface area contributed by atoms with Gasteiger partial charge in [-0.3, -0.25) is 9.69 Å². The SMILES string of the molecule is CCOC(=O)C12CCCC[C@H]1CN(Cc1ccccc1)C2. The second kappa shape index (κ2) is 6.18. The minimum atomic E-state index is -0.233. The molecule has 0 bridgehead atoms. The van der Waals surface area contributed by atoms with Crippen LogP contribution in [0.2, 0.25) is 0 Å². The molecular formula is C18H25NO2. The minimum Gasteiger partial charge on any atom is -0.466 e. The summed E-state index contributed by atoms with van der Waals surface area (Å²) >= 11 is 0. The summed E-state index contributed by atoms with van der Waals surface area (Å²) in [5.74, 6) is 0.527. The molecular weight excluding hydrogens is 262 g/mol. The molecule has 1 unspecified atom stereocenters. The molecule has 1 aromatic carbocycles. The van der Waals surface area contributed by atoms with Crippen LogP contribution in [0.3, 0.4) is 0 Å². The predicted molar refractivity (Wildman–Crippen MR) is 82.7 cm³/mol. The van der Waals surface area contributed by atoms with Crippen molar-refractivity contribution in [1.82, 2.24) is 4.90 Å². The monoisotopic (exact) mass is 287 g/mol. The van der Waals surface area contributed by atoms with Gasteiger partial charge in [0.2, 0.25) is 0 Å². The summed E-state index contributed by atoms with van der Waals surface area (Å²) in [4.78, 5) is 15.0. The van der Waals surface area contributed by atoms with Crippen LogP contribution in [0, 0.1) is 11.3 Å². The molecule has 2 atom stereocenters. The first-order valence-electron chi connectivity index (χ1n) is 8.18. The average molecular weight is 287 g/mol. The van der Waals surface area contributed by atoms with Crippen molar-refractivity contribution in [3.63, 3.8) is 0 Å². The third-order valence-corrected chi connectivity index (χ3v) is 5.12. The van der Waals surface area contributed by atoms with E-state index in [0.717, 1.165) is 32.5 Å². The van der Waals surface area contributed by atoms with Crippen LogP contribution in [0.15, 0.2) is 30.3 Å². The van der Waals surface area contributed by atoms with Crippen molar-refractivity contribution < 1.29 is 9.53 Å². The van der Waals surface area contributed by atoms with E-state index < -0.39 is 0 Å². The van der Waals surface area contributed by atoms with E-state index in [0.29, 0.717) is 12.5 Å². The number of hydrogen-bond donors (Lipinski definition) is 0. The average Bonchev–Trinajstić information content (AvgIpc) is 2.87. The first-order chi connectivity index (χ1) is 10.2. The van der Waals surface area contributed by atoms with Gasteiger partial charge < -0.3 is 4.74 Å². The molecule has 1 saturated heterocycles. The Balaban J connectivity index is 1.74. The van der Waals surface area contributed by atoms with Crippen molar-refractivity contribution in [3.05, 3.63) is 35.9 Å². The Kier molecular flexibility index (Phi) is 4.29. The molecule has 2 fully saturated rings. The summed E-state index contributed by atoms with van der Waals surface area (Å²) in [5, 5.41) is 0. The van der Waals surface area contributed by atoms with E-state index in [4.69, 9.17) is 4.74 Å². The number of rotatable bonds is 4. The molecule has 0 aromatic heterocycles. The number of likely N-dealkylation sites (tertiary alicyclic amines) is 1.